The highest BCUT2D eigenvalue weighted by molar-refractivity contribution is 5.94. The van der Waals surface area contributed by atoms with Crippen molar-refractivity contribution in [3.63, 3.8) is 0 Å². The van der Waals surface area contributed by atoms with E-state index in [1.54, 1.807) is 23.2 Å². The van der Waals surface area contributed by atoms with Crippen LogP contribution in [0.15, 0.2) is 18.3 Å². The SMILES string of the molecule is O=C(c1ccnc(OC2CCOC2)c1)N1CCCC(O)C1. The molecule has 0 aliphatic carbocycles. The minimum absolute atomic E-state index is 0.0136. The smallest absolute Gasteiger partial charge is 0.254 e. The molecule has 2 aliphatic heterocycles. The fourth-order valence-electron chi connectivity index (χ4n) is 2.71. The average Bonchev–Trinajstić information content (AvgIpc) is 3.00. The maximum atomic E-state index is 12.4. The van der Waals surface area contributed by atoms with Gasteiger partial charge in [0.1, 0.15) is 6.10 Å². The molecule has 2 aliphatic rings. The Bertz CT molecular complexity index is 502. The first-order chi connectivity index (χ1) is 10.2. The van der Waals surface area contributed by atoms with Gasteiger partial charge in [0, 0.05) is 37.3 Å². The lowest BCUT2D eigenvalue weighted by atomic mass is 10.1. The summed E-state index contributed by atoms with van der Waals surface area (Å²) in [6.07, 6.45) is 3.61. The Morgan fingerprint density at radius 2 is 2.38 bits per heavy atom. The van der Waals surface area contributed by atoms with E-state index in [1.165, 1.54) is 0 Å². The van der Waals surface area contributed by atoms with E-state index >= 15 is 0 Å². The topological polar surface area (TPSA) is 71.9 Å². The van der Waals surface area contributed by atoms with Crippen molar-refractivity contribution >= 4 is 5.91 Å². The molecule has 1 aromatic heterocycles. The molecule has 2 atom stereocenters. The second kappa shape index (κ2) is 6.41. The summed E-state index contributed by atoms with van der Waals surface area (Å²) in [5, 5.41) is 9.67. The maximum Gasteiger partial charge on any atom is 0.254 e. The number of carbonyl (C=O) groups is 1. The van der Waals surface area contributed by atoms with Crippen LogP contribution in [-0.2, 0) is 4.74 Å². The zero-order chi connectivity index (χ0) is 14.7. The summed E-state index contributed by atoms with van der Waals surface area (Å²) in [6, 6.07) is 3.35. The highest BCUT2D eigenvalue weighted by Crippen LogP contribution is 2.18. The number of piperidine rings is 1. The van der Waals surface area contributed by atoms with Crippen molar-refractivity contribution in [2.24, 2.45) is 0 Å². The molecule has 1 N–H and O–H groups in total. The fraction of sp³-hybridized carbons (Fsp3) is 0.600. The number of aliphatic hydroxyl groups excluding tert-OH is 1. The number of likely N-dealkylation sites (tertiary alicyclic amines) is 1. The lowest BCUT2D eigenvalue weighted by molar-refractivity contribution is 0.0473. The summed E-state index contributed by atoms with van der Waals surface area (Å²) in [5.41, 5.74) is 0.549. The molecule has 0 radical (unpaired) electrons. The molecule has 2 unspecified atom stereocenters. The number of pyridine rings is 1. The third kappa shape index (κ3) is 3.51. The molecule has 3 heterocycles. The quantitative estimate of drug-likeness (QED) is 0.894. The molecule has 0 saturated carbocycles. The van der Waals surface area contributed by atoms with Crippen LogP contribution < -0.4 is 4.74 Å². The van der Waals surface area contributed by atoms with Crippen LogP contribution in [0, 0.1) is 0 Å². The van der Waals surface area contributed by atoms with Gasteiger partial charge >= 0.3 is 0 Å². The molecule has 114 valence electrons. The van der Waals surface area contributed by atoms with E-state index in [-0.39, 0.29) is 12.0 Å². The van der Waals surface area contributed by atoms with E-state index in [4.69, 9.17) is 9.47 Å². The van der Waals surface area contributed by atoms with Gasteiger partial charge in [-0.05, 0) is 18.9 Å². The van der Waals surface area contributed by atoms with Crippen LogP contribution in [0.1, 0.15) is 29.6 Å². The van der Waals surface area contributed by atoms with Crippen LogP contribution in [-0.4, -0.2) is 59.4 Å². The highest BCUT2D eigenvalue weighted by Gasteiger charge is 2.24. The van der Waals surface area contributed by atoms with Gasteiger partial charge in [-0.15, -0.1) is 0 Å². The molecule has 0 bridgehead atoms. The van der Waals surface area contributed by atoms with E-state index in [9.17, 15) is 9.90 Å². The molecule has 21 heavy (non-hydrogen) atoms. The summed E-state index contributed by atoms with van der Waals surface area (Å²) in [7, 11) is 0. The first-order valence-corrected chi connectivity index (χ1v) is 7.40. The molecule has 0 aromatic carbocycles. The Hall–Kier alpha value is -1.66. The first-order valence-electron chi connectivity index (χ1n) is 7.40. The summed E-state index contributed by atoms with van der Waals surface area (Å²) < 4.78 is 11.0. The number of hydrogen-bond donors (Lipinski definition) is 1. The van der Waals surface area contributed by atoms with Gasteiger partial charge in [-0.3, -0.25) is 4.79 Å². The van der Waals surface area contributed by atoms with Gasteiger partial charge in [0.15, 0.2) is 0 Å². The molecule has 0 spiro atoms. The van der Waals surface area contributed by atoms with Crippen molar-refractivity contribution in [2.75, 3.05) is 26.3 Å². The molecular weight excluding hydrogens is 272 g/mol. The Morgan fingerprint density at radius 3 is 3.14 bits per heavy atom. The van der Waals surface area contributed by atoms with E-state index < -0.39 is 6.10 Å². The number of amides is 1. The molecule has 6 nitrogen and oxygen atoms in total. The zero-order valence-electron chi connectivity index (χ0n) is 11.9. The lowest BCUT2D eigenvalue weighted by Crippen LogP contribution is -2.42. The van der Waals surface area contributed by atoms with Crippen molar-refractivity contribution in [3.05, 3.63) is 23.9 Å². The van der Waals surface area contributed by atoms with Gasteiger partial charge in [-0.25, -0.2) is 4.98 Å². The van der Waals surface area contributed by atoms with Crippen LogP contribution in [0.25, 0.3) is 0 Å². The monoisotopic (exact) mass is 292 g/mol. The number of aromatic nitrogens is 1. The predicted octanol–water partition coefficient (Wildman–Crippen LogP) is 0.846. The number of β-amino-alcohol motifs (C(OH)–C–C–N with tert-alkyl or cyclic N) is 1. The number of nitrogens with zero attached hydrogens (tertiary/aromatic N) is 2. The van der Waals surface area contributed by atoms with Crippen LogP contribution in [0.3, 0.4) is 0 Å². The van der Waals surface area contributed by atoms with Crippen molar-refractivity contribution in [1.29, 1.82) is 0 Å². The Morgan fingerprint density at radius 1 is 1.48 bits per heavy atom. The van der Waals surface area contributed by atoms with Gasteiger partial charge < -0.3 is 19.5 Å². The first kappa shape index (κ1) is 14.3. The van der Waals surface area contributed by atoms with E-state index in [1.807, 2.05) is 0 Å². The van der Waals surface area contributed by atoms with Gasteiger partial charge in [0.25, 0.3) is 5.91 Å². The number of rotatable bonds is 3. The van der Waals surface area contributed by atoms with Crippen molar-refractivity contribution in [2.45, 2.75) is 31.5 Å². The predicted molar refractivity (Wildman–Crippen MR) is 75.2 cm³/mol. The van der Waals surface area contributed by atoms with Gasteiger partial charge in [-0.1, -0.05) is 0 Å². The third-order valence-electron chi connectivity index (χ3n) is 3.84. The standard InChI is InChI=1S/C15H20N2O4/c18-12-2-1-6-17(9-12)15(19)11-3-5-16-14(8-11)21-13-4-7-20-10-13/h3,5,8,12-13,18H,1-2,4,6-7,9-10H2. The van der Waals surface area contributed by atoms with E-state index in [0.717, 1.165) is 19.3 Å². The molecule has 3 rings (SSSR count). The van der Waals surface area contributed by atoms with E-state index in [0.29, 0.717) is 37.7 Å². The Labute approximate surface area is 123 Å². The highest BCUT2D eigenvalue weighted by atomic mass is 16.5. The molecule has 1 amide bonds. The van der Waals surface area contributed by atoms with Gasteiger partial charge in [-0.2, -0.15) is 0 Å². The largest absolute Gasteiger partial charge is 0.472 e. The van der Waals surface area contributed by atoms with Crippen LogP contribution >= 0.6 is 0 Å². The van der Waals surface area contributed by atoms with Gasteiger partial charge in [0.2, 0.25) is 5.88 Å². The summed E-state index contributed by atoms with van der Waals surface area (Å²) >= 11 is 0. The van der Waals surface area contributed by atoms with Crippen molar-refractivity contribution in [1.82, 2.24) is 9.88 Å². The number of ether oxygens (including phenoxy) is 2. The summed E-state index contributed by atoms with van der Waals surface area (Å²) in [4.78, 5) is 18.3. The Kier molecular flexibility index (Phi) is 4.36. The second-order valence-corrected chi connectivity index (χ2v) is 5.53. The third-order valence-corrected chi connectivity index (χ3v) is 3.84. The maximum absolute atomic E-state index is 12.4. The number of carbonyl (C=O) groups excluding carboxylic acids is 1. The minimum Gasteiger partial charge on any atom is -0.472 e. The fourth-order valence-corrected chi connectivity index (χ4v) is 2.71. The van der Waals surface area contributed by atoms with E-state index in [2.05, 4.69) is 4.98 Å². The molecule has 6 heteroatoms. The summed E-state index contributed by atoms with van der Waals surface area (Å²) in [5.74, 6) is 0.373. The molecular formula is C15H20N2O4. The number of aliphatic hydroxyl groups is 1. The van der Waals surface area contributed by atoms with Crippen LogP contribution in [0.2, 0.25) is 0 Å². The molecule has 2 saturated heterocycles. The normalized spacial score (nSPS) is 25.9. The average molecular weight is 292 g/mol. The van der Waals surface area contributed by atoms with Crippen LogP contribution in [0.4, 0.5) is 0 Å². The lowest BCUT2D eigenvalue weighted by Gasteiger charge is -2.30. The minimum atomic E-state index is -0.420. The zero-order valence-corrected chi connectivity index (χ0v) is 11.9. The van der Waals surface area contributed by atoms with Crippen molar-refractivity contribution < 1.29 is 19.4 Å². The molecule has 2 fully saturated rings. The Balaban J connectivity index is 1.68. The second-order valence-electron chi connectivity index (χ2n) is 5.53. The summed E-state index contributed by atoms with van der Waals surface area (Å²) in [6.45, 7) is 2.35. The van der Waals surface area contributed by atoms with Crippen molar-refractivity contribution in [3.8, 4) is 5.88 Å². The van der Waals surface area contributed by atoms with Crippen LogP contribution in [0.5, 0.6) is 5.88 Å². The number of hydrogen-bond acceptors (Lipinski definition) is 5. The van der Waals surface area contributed by atoms with Gasteiger partial charge in [0.05, 0.1) is 19.3 Å². The molecule has 1 aromatic rings.